The summed E-state index contributed by atoms with van der Waals surface area (Å²) < 4.78 is 1.44. The van der Waals surface area contributed by atoms with Crippen molar-refractivity contribution in [3.05, 3.63) is 12.4 Å². The first-order valence-electron chi connectivity index (χ1n) is 5.86. The first-order chi connectivity index (χ1) is 8.56. The van der Waals surface area contributed by atoms with Gasteiger partial charge in [0.15, 0.2) is 0 Å². The SMILES string of the molecule is CCC[C@@H](N)C(=O)Nc1cnn(CC(=O)NC)c1. The van der Waals surface area contributed by atoms with Gasteiger partial charge >= 0.3 is 0 Å². The highest BCUT2D eigenvalue weighted by molar-refractivity contribution is 5.94. The molecule has 0 fully saturated rings. The summed E-state index contributed by atoms with van der Waals surface area (Å²) in [6.07, 6.45) is 4.56. The van der Waals surface area contributed by atoms with Crippen LogP contribution in [0.2, 0.25) is 0 Å². The number of nitrogens with two attached hydrogens (primary N) is 1. The maximum atomic E-state index is 11.6. The molecule has 1 rings (SSSR count). The van der Waals surface area contributed by atoms with Crippen molar-refractivity contribution >= 4 is 17.5 Å². The molecule has 0 radical (unpaired) electrons. The summed E-state index contributed by atoms with van der Waals surface area (Å²) in [5, 5.41) is 9.11. The molecular weight excluding hydrogens is 234 g/mol. The largest absolute Gasteiger partial charge is 0.358 e. The van der Waals surface area contributed by atoms with Crippen LogP contribution in [0.15, 0.2) is 12.4 Å². The van der Waals surface area contributed by atoms with Crippen LogP contribution in [0, 0.1) is 0 Å². The quantitative estimate of drug-likeness (QED) is 0.647. The number of rotatable bonds is 6. The van der Waals surface area contributed by atoms with Crippen molar-refractivity contribution in [2.24, 2.45) is 5.73 Å². The second kappa shape index (κ2) is 6.75. The third-order valence-electron chi connectivity index (χ3n) is 2.42. The molecular formula is C11H19N5O2. The molecule has 2 amide bonds. The maximum absolute atomic E-state index is 11.6. The van der Waals surface area contributed by atoms with E-state index in [-0.39, 0.29) is 18.4 Å². The number of anilines is 1. The average molecular weight is 253 g/mol. The zero-order chi connectivity index (χ0) is 13.5. The Labute approximate surface area is 106 Å². The number of amides is 2. The highest BCUT2D eigenvalue weighted by Crippen LogP contribution is 2.06. The molecule has 1 atom stereocenters. The Hall–Kier alpha value is -1.89. The predicted octanol–water partition coefficient (Wildman–Crippen LogP) is -0.305. The summed E-state index contributed by atoms with van der Waals surface area (Å²) >= 11 is 0. The van der Waals surface area contributed by atoms with Crippen molar-refractivity contribution in [3.8, 4) is 0 Å². The smallest absolute Gasteiger partial charge is 0.241 e. The lowest BCUT2D eigenvalue weighted by molar-refractivity contribution is -0.121. The Kier molecular flexibility index (Phi) is 5.31. The van der Waals surface area contributed by atoms with Crippen molar-refractivity contribution < 1.29 is 9.59 Å². The normalized spacial score (nSPS) is 11.9. The number of carbonyl (C=O) groups is 2. The summed E-state index contributed by atoms with van der Waals surface area (Å²) in [4.78, 5) is 22.8. The third-order valence-corrected chi connectivity index (χ3v) is 2.42. The molecule has 0 saturated carbocycles. The maximum Gasteiger partial charge on any atom is 0.241 e. The van der Waals surface area contributed by atoms with Crippen LogP contribution >= 0.6 is 0 Å². The highest BCUT2D eigenvalue weighted by atomic mass is 16.2. The first kappa shape index (κ1) is 14.2. The fourth-order valence-electron chi connectivity index (χ4n) is 1.42. The Morgan fingerprint density at radius 2 is 2.28 bits per heavy atom. The van der Waals surface area contributed by atoms with E-state index in [1.54, 1.807) is 13.2 Å². The fourth-order valence-corrected chi connectivity index (χ4v) is 1.42. The lowest BCUT2D eigenvalue weighted by Crippen LogP contribution is -2.35. The summed E-state index contributed by atoms with van der Waals surface area (Å²) in [6.45, 7) is 2.09. The molecule has 1 aromatic heterocycles. The van der Waals surface area contributed by atoms with Crippen molar-refractivity contribution in [3.63, 3.8) is 0 Å². The van der Waals surface area contributed by atoms with Crippen LogP contribution in [-0.4, -0.2) is 34.7 Å². The van der Waals surface area contributed by atoms with Gasteiger partial charge in [-0.1, -0.05) is 13.3 Å². The van der Waals surface area contributed by atoms with E-state index in [0.717, 1.165) is 6.42 Å². The Morgan fingerprint density at radius 3 is 2.89 bits per heavy atom. The minimum absolute atomic E-state index is 0.118. The topological polar surface area (TPSA) is 102 Å². The molecule has 0 aliphatic carbocycles. The van der Waals surface area contributed by atoms with Gasteiger partial charge in [-0.2, -0.15) is 5.10 Å². The molecule has 0 aliphatic rings. The van der Waals surface area contributed by atoms with Crippen LogP contribution in [0.25, 0.3) is 0 Å². The number of aromatic nitrogens is 2. The number of hydrogen-bond acceptors (Lipinski definition) is 4. The number of likely N-dealkylation sites (N-methyl/N-ethyl adjacent to an activating group) is 1. The first-order valence-corrected chi connectivity index (χ1v) is 5.86. The van der Waals surface area contributed by atoms with Crippen LogP contribution < -0.4 is 16.4 Å². The molecule has 0 aromatic carbocycles. The van der Waals surface area contributed by atoms with Crippen LogP contribution in [0.1, 0.15) is 19.8 Å². The van der Waals surface area contributed by atoms with Gasteiger partial charge in [0.25, 0.3) is 0 Å². The van der Waals surface area contributed by atoms with Crippen LogP contribution in [0.4, 0.5) is 5.69 Å². The van der Waals surface area contributed by atoms with E-state index in [9.17, 15) is 9.59 Å². The number of nitrogens with one attached hydrogen (secondary N) is 2. The van der Waals surface area contributed by atoms with E-state index in [1.165, 1.54) is 10.9 Å². The fraction of sp³-hybridized carbons (Fsp3) is 0.545. The summed E-state index contributed by atoms with van der Waals surface area (Å²) in [5.74, 6) is -0.394. The highest BCUT2D eigenvalue weighted by Gasteiger charge is 2.13. The molecule has 7 nitrogen and oxygen atoms in total. The molecule has 4 N–H and O–H groups in total. The molecule has 1 heterocycles. The van der Waals surface area contributed by atoms with Gasteiger partial charge in [-0.3, -0.25) is 14.3 Å². The Bertz CT molecular complexity index is 415. The molecule has 0 aliphatic heterocycles. The molecule has 7 heteroatoms. The number of carbonyl (C=O) groups excluding carboxylic acids is 2. The molecule has 0 bridgehead atoms. The van der Waals surface area contributed by atoms with Crippen molar-refractivity contribution in [2.75, 3.05) is 12.4 Å². The second-order valence-electron chi connectivity index (χ2n) is 3.98. The van der Waals surface area contributed by atoms with Gasteiger partial charge in [-0.15, -0.1) is 0 Å². The minimum atomic E-state index is -0.516. The second-order valence-corrected chi connectivity index (χ2v) is 3.98. The lowest BCUT2D eigenvalue weighted by Gasteiger charge is -2.09. The van der Waals surface area contributed by atoms with Gasteiger partial charge in [-0.25, -0.2) is 0 Å². The monoisotopic (exact) mass is 253 g/mol. The summed E-state index contributed by atoms with van der Waals surface area (Å²) in [6, 6.07) is -0.516. The van der Waals surface area contributed by atoms with Gasteiger partial charge in [0.05, 0.1) is 17.9 Å². The molecule has 18 heavy (non-hydrogen) atoms. The van der Waals surface area contributed by atoms with Crippen molar-refractivity contribution in [1.82, 2.24) is 15.1 Å². The van der Waals surface area contributed by atoms with E-state index in [4.69, 9.17) is 5.73 Å². The van der Waals surface area contributed by atoms with E-state index < -0.39 is 6.04 Å². The summed E-state index contributed by atoms with van der Waals surface area (Å²) in [7, 11) is 1.55. The van der Waals surface area contributed by atoms with Gasteiger partial charge in [0.2, 0.25) is 11.8 Å². The van der Waals surface area contributed by atoms with Gasteiger partial charge in [-0.05, 0) is 6.42 Å². The van der Waals surface area contributed by atoms with Gasteiger partial charge < -0.3 is 16.4 Å². The molecule has 0 spiro atoms. The van der Waals surface area contributed by atoms with Crippen molar-refractivity contribution in [2.45, 2.75) is 32.4 Å². The van der Waals surface area contributed by atoms with E-state index in [1.807, 2.05) is 6.92 Å². The third kappa shape index (κ3) is 4.17. The Balaban J connectivity index is 2.53. The number of hydrogen-bond donors (Lipinski definition) is 3. The molecule has 1 aromatic rings. The molecule has 0 saturated heterocycles. The zero-order valence-corrected chi connectivity index (χ0v) is 10.6. The summed E-state index contributed by atoms with van der Waals surface area (Å²) in [5.41, 5.74) is 6.22. The zero-order valence-electron chi connectivity index (χ0n) is 10.6. The average Bonchev–Trinajstić information content (AvgIpc) is 2.76. The predicted molar refractivity (Wildman–Crippen MR) is 67.8 cm³/mol. The van der Waals surface area contributed by atoms with E-state index >= 15 is 0 Å². The Morgan fingerprint density at radius 1 is 1.56 bits per heavy atom. The standard InChI is InChI=1S/C11H19N5O2/c1-3-4-9(12)11(18)15-8-5-14-16(6-8)7-10(17)13-2/h5-6,9H,3-4,7,12H2,1-2H3,(H,13,17)(H,15,18)/t9-/m1/s1. The molecule has 100 valence electrons. The lowest BCUT2D eigenvalue weighted by atomic mass is 10.2. The van der Waals surface area contributed by atoms with E-state index in [0.29, 0.717) is 12.1 Å². The van der Waals surface area contributed by atoms with Gasteiger partial charge in [0, 0.05) is 13.2 Å². The van der Waals surface area contributed by atoms with Crippen LogP contribution in [0.5, 0.6) is 0 Å². The van der Waals surface area contributed by atoms with Crippen LogP contribution in [0.3, 0.4) is 0 Å². The number of nitrogens with zero attached hydrogens (tertiary/aromatic N) is 2. The van der Waals surface area contributed by atoms with E-state index in [2.05, 4.69) is 15.7 Å². The van der Waals surface area contributed by atoms with Crippen molar-refractivity contribution in [1.29, 1.82) is 0 Å². The van der Waals surface area contributed by atoms with Gasteiger partial charge in [0.1, 0.15) is 6.54 Å². The minimum Gasteiger partial charge on any atom is -0.358 e. The molecule has 0 unspecified atom stereocenters. The van der Waals surface area contributed by atoms with Crippen LogP contribution in [-0.2, 0) is 16.1 Å².